The van der Waals surface area contributed by atoms with E-state index in [2.05, 4.69) is 0 Å². The molecule has 1 aromatic carbocycles. The fourth-order valence-corrected chi connectivity index (χ4v) is 3.80. The van der Waals surface area contributed by atoms with Crippen molar-refractivity contribution in [3.8, 4) is 6.07 Å². The van der Waals surface area contributed by atoms with Gasteiger partial charge in [0.2, 0.25) is 10.0 Å². The summed E-state index contributed by atoms with van der Waals surface area (Å²) in [6.07, 6.45) is 0.738. The van der Waals surface area contributed by atoms with Crippen molar-refractivity contribution in [1.29, 1.82) is 5.26 Å². The normalized spacial score (nSPS) is 11.8. The van der Waals surface area contributed by atoms with Gasteiger partial charge in [0.05, 0.1) is 15.5 Å². The summed E-state index contributed by atoms with van der Waals surface area (Å²) in [5.41, 5.74) is 0.271. The Morgan fingerprint density at radius 3 is 2.47 bits per heavy atom. The number of hydrogen-bond acceptors (Lipinski definition) is 3. The second kappa shape index (κ2) is 6.38. The van der Waals surface area contributed by atoms with Gasteiger partial charge in [0.1, 0.15) is 6.07 Å². The van der Waals surface area contributed by atoms with Gasteiger partial charge in [0.15, 0.2) is 0 Å². The SMILES string of the molecule is CCCN(C(C)C)S(=O)(=O)c1ccc(C#N)c(Cl)c1. The molecule has 0 aliphatic heterocycles. The Morgan fingerprint density at radius 2 is 2.05 bits per heavy atom. The first-order valence-corrected chi connectivity index (χ1v) is 7.87. The first kappa shape index (κ1) is 16.0. The first-order valence-electron chi connectivity index (χ1n) is 6.06. The molecule has 4 nitrogen and oxygen atoms in total. The number of halogens is 1. The molecule has 104 valence electrons. The van der Waals surface area contributed by atoms with Gasteiger partial charge in [-0.3, -0.25) is 0 Å². The summed E-state index contributed by atoms with van der Waals surface area (Å²) in [7, 11) is -3.57. The summed E-state index contributed by atoms with van der Waals surface area (Å²) in [5.74, 6) is 0. The zero-order valence-electron chi connectivity index (χ0n) is 11.2. The molecule has 0 spiro atoms. The fraction of sp³-hybridized carbons (Fsp3) is 0.462. The highest BCUT2D eigenvalue weighted by atomic mass is 35.5. The Hall–Kier alpha value is -1.09. The van der Waals surface area contributed by atoms with Crippen LogP contribution in [-0.4, -0.2) is 25.3 Å². The number of rotatable bonds is 5. The van der Waals surface area contributed by atoms with E-state index in [4.69, 9.17) is 16.9 Å². The van der Waals surface area contributed by atoms with Crippen LogP contribution in [0.4, 0.5) is 0 Å². The number of nitrogens with zero attached hydrogens (tertiary/aromatic N) is 2. The van der Waals surface area contributed by atoms with Crippen LogP contribution in [0.2, 0.25) is 5.02 Å². The molecule has 1 aromatic rings. The Balaban J connectivity index is 3.26. The lowest BCUT2D eigenvalue weighted by Crippen LogP contribution is -2.37. The third-order valence-corrected chi connectivity index (χ3v) is 5.07. The van der Waals surface area contributed by atoms with Crippen molar-refractivity contribution in [1.82, 2.24) is 4.31 Å². The van der Waals surface area contributed by atoms with Crippen molar-refractivity contribution in [2.24, 2.45) is 0 Å². The molecule has 0 saturated carbocycles. The minimum absolute atomic E-state index is 0.124. The monoisotopic (exact) mass is 300 g/mol. The number of benzene rings is 1. The van der Waals surface area contributed by atoms with E-state index >= 15 is 0 Å². The molecule has 0 fully saturated rings. The van der Waals surface area contributed by atoms with Crippen LogP contribution in [0.1, 0.15) is 32.8 Å². The van der Waals surface area contributed by atoms with Gasteiger partial charge in [-0.1, -0.05) is 18.5 Å². The van der Waals surface area contributed by atoms with Crippen molar-refractivity contribution in [2.75, 3.05) is 6.54 Å². The van der Waals surface area contributed by atoms with Crippen molar-refractivity contribution in [3.63, 3.8) is 0 Å². The summed E-state index contributed by atoms with van der Waals surface area (Å²) in [4.78, 5) is 0.124. The molecule has 6 heteroatoms. The minimum atomic E-state index is -3.57. The predicted octanol–water partition coefficient (Wildman–Crippen LogP) is 3.02. The summed E-state index contributed by atoms with van der Waals surface area (Å²) in [5, 5.41) is 8.96. The Labute approximate surface area is 119 Å². The smallest absolute Gasteiger partial charge is 0.207 e. The zero-order valence-corrected chi connectivity index (χ0v) is 12.8. The number of hydrogen-bond donors (Lipinski definition) is 0. The Morgan fingerprint density at radius 1 is 1.42 bits per heavy atom. The maximum absolute atomic E-state index is 12.5. The van der Waals surface area contributed by atoms with Crippen LogP contribution in [0.5, 0.6) is 0 Å². The molecule has 0 saturated heterocycles. The average molecular weight is 301 g/mol. The molecule has 19 heavy (non-hydrogen) atoms. The number of nitriles is 1. The van der Waals surface area contributed by atoms with Crippen LogP contribution in [0.3, 0.4) is 0 Å². The van der Waals surface area contributed by atoms with Gasteiger partial charge in [-0.2, -0.15) is 9.57 Å². The molecular formula is C13H17ClN2O2S. The van der Waals surface area contributed by atoms with Crippen molar-refractivity contribution < 1.29 is 8.42 Å². The first-order chi connectivity index (χ1) is 8.84. The molecule has 0 aromatic heterocycles. The number of sulfonamides is 1. The van der Waals surface area contributed by atoms with Gasteiger partial charge in [-0.05, 0) is 38.5 Å². The zero-order chi connectivity index (χ0) is 14.6. The maximum atomic E-state index is 12.5. The minimum Gasteiger partial charge on any atom is -0.207 e. The van der Waals surface area contributed by atoms with Crippen LogP contribution in [0.25, 0.3) is 0 Å². The predicted molar refractivity (Wildman–Crippen MR) is 75.5 cm³/mol. The van der Waals surface area contributed by atoms with E-state index in [-0.39, 0.29) is 21.5 Å². The Kier molecular flexibility index (Phi) is 5.36. The summed E-state index contributed by atoms with van der Waals surface area (Å²) in [6.45, 7) is 6.05. The lowest BCUT2D eigenvalue weighted by atomic mass is 10.2. The van der Waals surface area contributed by atoms with Crippen LogP contribution in [-0.2, 0) is 10.0 Å². The van der Waals surface area contributed by atoms with Crippen molar-refractivity contribution in [3.05, 3.63) is 28.8 Å². The molecular weight excluding hydrogens is 284 g/mol. The Bertz CT molecular complexity index is 591. The average Bonchev–Trinajstić information content (AvgIpc) is 2.35. The van der Waals surface area contributed by atoms with E-state index in [1.807, 2.05) is 26.8 Å². The highest BCUT2D eigenvalue weighted by Crippen LogP contribution is 2.24. The van der Waals surface area contributed by atoms with Gasteiger partial charge in [-0.25, -0.2) is 8.42 Å². The van der Waals surface area contributed by atoms with Gasteiger partial charge >= 0.3 is 0 Å². The van der Waals surface area contributed by atoms with E-state index in [9.17, 15) is 8.42 Å². The summed E-state index contributed by atoms with van der Waals surface area (Å²) >= 11 is 5.89. The van der Waals surface area contributed by atoms with Crippen LogP contribution >= 0.6 is 11.6 Å². The molecule has 0 aliphatic carbocycles. The van der Waals surface area contributed by atoms with Crippen LogP contribution in [0.15, 0.2) is 23.1 Å². The lowest BCUT2D eigenvalue weighted by molar-refractivity contribution is 0.354. The second-order valence-corrected chi connectivity index (χ2v) is 6.76. The fourth-order valence-electron chi connectivity index (χ4n) is 1.76. The van der Waals surface area contributed by atoms with Crippen molar-refractivity contribution >= 4 is 21.6 Å². The summed E-state index contributed by atoms with van der Waals surface area (Å²) < 4.78 is 26.4. The standard InChI is InChI=1S/C13H17ClN2O2S/c1-4-7-16(10(2)3)19(17,18)12-6-5-11(9-15)13(14)8-12/h5-6,8,10H,4,7H2,1-3H3. The second-order valence-electron chi connectivity index (χ2n) is 4.46. The van der Waals surface area contributed by atoms with E-state index in [1.54, 1.807) is 0 Å². The van der Waals surface area contributed by atoms with Gasteiger partial charge in [0, 0.05) is 12.6 Å². The quantitative estimate of drug-likeness (QED) is 0.839. The molecule has 0 heterocycles. The third-order valence-electron chi connectivity index (χ3n) is 2.69. The topological polar surface area (TPSA) is 61.2 Å². The summed E-state index contributed by atoms with van der Waals surface area (Å²) in [6, 6.07) is 5.97. The molecule has 0 bridgehead atoms. The highest BCUT2D eigenvalue weighted by molar-refractivity contribution is 7.89. The molecule has 0 amide bonds. The van der Waals surface area contributed by atoms with Gasteiger partial charge < -0.3 is 0 Å². The molecule has 0 radical (unpaired) electrons. The largest absolute Gasteiger partial charge is 0.243 e. The lowest BCUT2D eigenvalue weighted by Gasteiger charge is -2.25. The van der Waals surface area contributed by atoms with Crippen LogP contribution < -0.4 is 0 Å². The van der Waals surface area contributed by atoms with E-state index < -0.39 is 10.0 Å². The molecule has 0 atom stereocenters. The van der Waals surface area contributed by atoms with E-state index in [1.165, 1.54) is 22.5 Å². The maximum Gasteiger partial charge on any atom is 0.243 e. The van der Waals surface area contributed by atoms with Crippen molar-refractivity contribution in [2.45, 2.75) is 38.1 Å². The molecule has 0 aliphatic rings. The molecule has 0 unspecified atom stereocenters. The van der Waals surface area contributed by atoms with Crippen LogP contribution in [0, 0.1) is 11.3 Å². The van der Waals surface area contributed by atoms with Gasteiger partial charge in [0.25, 0.3) is 0 Å². The van der Waals surface area contributed by atoms with E-state index in [0.717, 1.165) is 6.42 Å². The molecule has 0 N–H and O–H groups in total. The third kappa shape index (κ3) is 3.47. The van der Waals surface area contributed by atoms with Gasteiger partial charge in [-0.15, -0.1) is 0 Å². The molecule has 1 rings (SSSR count). The highest BCUT2D eigenvalue weighted by Gasteiger charge is 2.26. The van der Waals surface area contributed by atoms with E-state index in [0.29, 0.717) is 6.54 Å².